The highest BCUT2D eigenvalue weighted by molar-refractivity contribution is 7.89. The monoisotopic (exact) mass is 357 g/mol. The maximum atomic E-state index is 12.6. The van der Waals surface area contributed by atoms with Crippen molar-refractivity contribution in [3.05, 3.63) is 23.3 Å². The summed E-state index contributed by atoms with van der Waals surface area (Å²) in [5, 5.41) is 9.51. The Morgan fingerprint density at radius 2 is 1.83 bits per heavy atom. The second-order valence-electron chi connectivity index (χ2n) is 6.11. The van der Waals surface area contributed by atoms with Crippen LogP contribution in [-0.2, 0) is 19.6 Å². The highest BCUT2D eigenvalue weighted by Crippen LogP contribution is 2.31. The summed E-state index contributed by atoms with van der Waals surface area (Å²) in [6.07, 6.45) is 0.567. The summed E-state index contributed by atoms with van der Waals surface area (Å²) in [7, 11) is -2.28. The van der Waals surface area contributed by atoms with Crippen LogP contribution in [0.5, 0.6) is 5.75 Å². The van der Waals surface area contributed by atoms with Crippen LogP contribution in [0.4, 0.5) is 0 Å². The third-order valence-corrected chi connectivity index (χ3v) is 5.83. The molecule has 2 rings (SSSR count). The van der Waals surface area contributed by atoms with Crippen LogP contribution >= 0.6 is 0 Å². The lowest BCUT2D eigenvalue weighted by Gasteiger charge is -2.33. The first-order valence-corrected chi connectivity index (χ1v) is 9.16. The van der Waals surface area contributed by atoms with Gasteiger partial charge < -0.3 is 14.6 Å². The zero-order valence-corrected chi connectivity index (χ0v) is 14.9. The molecule has 0 aromatic heterocycles. The van der Waals surface area contributed by atoms with E-state index in [0.717, 1.165) is 0 Å². The molecule has 7 nitrogen and oxygen atoms in total. The molecular formula is C16H23NO6S. The topological polar surface area (TPSA) is 102 Å². The number of hydrogen-bond acceptors (Lipinski definition) is 5. The summed E-state index contributed by atoms with van der Waals surface area (Å²) < 4.78 is 38.0. The Kier molecular flexibility index (Phi) is 5.52. The molecule has 0 atom stereocenters. The predicted molar refractivity (Wildman–Crippen MR) is 87.8 cm³/mol. The minimum atomic E-state index is -3.81. The average Bonchev–Trinajstić information content (AvgIpc) is 2.53. The highest BCUT2D eigenvalue weighted by Gasteiger charge is 2.41. The van der Waals surface area contributed by atoms with Crippen LogP contribution in [0.15, 0.2) is 17.0 Å². The number of rotatable bonds is 6. The first-order chi connectivity index (χ1) is 11.2. The third-order valence-electron chi connectivity index (χ3n) is 4.45. The number of aryl methyl sites for hydroxylation is 2. The van der Waals surface area contributed by atoms with Gasteiger partial charge in [-0.2, -0.15) is 0 Å². The number of nitrogens with one attached hydrogen (secondary N) is 1. The summed E-state index contributed by atoms with van der Waals surface area (Å²) in [4.78, 5) is 11.7. The summed E-state index contributed by atoms with van der Waals surface area (Å²) in [5.74, 6) is -0.365. The fourth-order valence-corrected chi connectivity index (χ4v) is 4.23. The van der Waals surface area contributed by atoms with E-state index in [2.05, 4.69) is 4.72 Å². The molecule has 1 heterocycles. The van der Waals surface area contributed by atoms with Crippen molar-refractivity contribution in [2.24, 2.45) is 5.41 Å². The van der Waals surface area contributed by atoms with Crippen molar-refractivity contribution in [1.82, 2.24) is 4.72 Å². The van der Waals surface area contributed by atoms with Gasteiger partial charge in [-0.05, 0) is 49.9 Å². The first kappa shape index (κ1) is 18.7. The van der Waals surface area contributed by atoms with Gasteiger partial charge in [0.05, 0.1) is 17.4 Å². The smallest absolute Gasteiger partial charge is 0.311 e. The summed E-state index contributed by atoms with van der Waals surface area (Å²) in [6.45, 7) is 4.01. The Labute approximate surface area is 142 Å². The summed E-state index contributed by atoms with van der Waals surface area (Å²) >= 11 is 0. The van der Waals surface area contributed by atoms with Crippen LogP contribution < -0.4 is 9.46 Å². The molecule has 1 fully saturated rings. The van der Waals surface area contributed by atoms with Gasteiger partial charge in [0.25, 0.3) is 0 Å². The molecule has 1 aliphatic rings. The van der Waals surface area contributed by atoms with Gasteiger partial charge in [0, 0.05) is 19.8 Å². The summed E-state index contributed by atoms with van der Waals surface area (Å²) in [6, 6.07) is 3.04. The molecule has 0 saturated carbocycles. The molecule has 8 heteroatoms. The van der Waals surface area contributed by atoms with E-state index < -0.39 is 21.4 Å². The van der Waals surface area contributed by atoms with E-state index in [1.165, 1.54) is 19.2 Å². The molecule has 1 aliphatic heterocycles. The number of aliphatic carboxylic acids is 1. The molecule has 0 aliphatic carbocycles. The fraction of sp³-hybridized carbons (Fsp3) is 0.562. The highest BCUT2D eigenvalue weighted by atomic mass is 32.2. The molecule has 2 N–H and O–H groups in total. The number of carboxylic acid groups (broad SMARTS) is 1. The minimum absolute atomic E-state index is 0.103. The van der Waals surface area contributed by atoms with Crippen LogP contribution in [0.3, 0.4) is 0 Å². The maximum absolute atomic E-state index is 12.6. The number of carbonyl (C=O) groups is 1. The SMILES string of the molecule is COc1c(C)cc(S(=O)(=O)NCC2(C(=O)O)CCOCC2)cc1C. The second kappa shape index (κ2) is 7.08. The first-order valence-electron chi connectivity index (χ1n) is 7.68. The molecule has 0 unspecified atom stereocenters. The van der Waals surface area contributed by atoms with Crippen molar-refractivity contribution in [1.29, 1.82) is 0 Å². The van der Waals surface area contributed by atoms with E-state index >= 15 is 0 Å². The largest absolute Gasteiger partial charge is 0.496 e. The Morgan fingerprint density at radius 1 is 1.29 bits per heavy atom. The zero-order valence-electron chi connectivity index (χ0n) is 14.1. The fourth-order valence-electron chi connectivity index (χ4n) is 2.93. The van der Waals surface area contributed by atoms with Gasteiger partial charge in [0.1, 0.15) is 5.75 Å². The number of carboxylic acids is 1. The van der Waals surface area contributed by atoms with Crippen LogP contribution in [0.2, 0.25) is 0 Å². The number of benzene rings is 1. The molecule has 1 saturated heterocycles. The lowest BCUT2D eigenvalue weighted by Crippen LogP contribution is -2.46. The average molecular weight is 357 g/mol. The molecule has 1 aromatic rings. The van der Waals surface area contributed by atoms with Crippen molar-refractivity contribution in [2.75, 3.05) is 26.9 Å². The Bertz CT molecular complexity index is 699. The van der Waals surface area contributed by atoms with Gasteiger partial charge in [-0.1, -0.05) is 0 Å². The van der Waals surface area contributed by atoms with Gasteiger partial charge in [-0.15, -0.1) is 0 Å². The maximum Gasteiger partial charge on any atom is 0.311 e. The third kappa shape index (κ3) is 3.71. The molecular weight excluding hydrogens is 334 g/mol. The standard InChI is InChI=1S/C16H23NO6S/c1-11-8-13(9-12(2)14(11)22-3)24(20,21)17-10-16(15(18)19)4-6-23-7-5-16/h8-9,17H,4-7,10H2,1-3H3,(H,18,19). The predicted octanol–water partition coefficient (Wildman–Crippen LogP) is 1.47. The molecule has 24 heavy (non-hydrogen) atoms. The molecule has 0 amide bonds. The second-order valence-corrected chi connectivity index (χ2v) is 7.88. The van der Waals surface area contributed by atoms with Crippen molar-refractivity contribution in [3.8, 4) is 5.75 Å². The van der Waals surface area contributed by atoms with E-state index in [1.54, 1.807) is 13.8 Å². The Balaban J connectivity index is 2.24. The van der Waals surface area contributed by atoms with Crippen molar-refractivity contribution >= 4 is 16.0 Å². The molecule has 1 aromatic carbocycles. The lowest BCUT2D eigenvalue weighted by atomic mass is 9.80. The van der Waals surface area contributed by atoms with Crippen LogP contribution in [0, 0.1) is 19.3 Å². The number of sulfonamides is 1. The molecule has 0 radical (unpaired) electrons. The van der Waals surface area contributed by atoms with Gasteiger partial charge >= 0.3 is 5.97 Å². The van der Waals surface area contributed by atoms with Crippen molar-refractivity contribution in [2.45, 2.75) is 31.6 Å². The van der Waals surface area contributed by atoms with Crippen LogP contribution in [-0.4, -0.2) is 46.4 Å². The quantitative estimate of drug-likeness (QED) is 0.799. The van der Waals surface area contributed by atoms with Gasteiger partial charge in [-0.3, -0.25) is 4.79 Å². The van der Waals surface area contributed by atoms with Crippen molar-refractivity contribution < 1.29 is 27.8 Å². The number of ether oxygens (including phenoxy) is 2. The molecule has 0 spiro atoms. The lowest BCUT2D eigenvalue weighted by molar-refractivity contribution is -0.154. The Hall–Kier alpha value is -1.64. The molecule has 134 valence electrons. The van der Waals surface area contributed by atoms with E-state index in [1.807, 2.05) is 0 Å². The zero-order chi connectivity index (χ0) is 18.0. The van der Waals surface area contributed by atoms with E-state index in [0.29, 0.717) is 30.1 Å². The summed E-state index contributed by atoms with van der Waals surface area (Å²) in [5.41, 5.74) is 0.288. The van der Waals surface area contributed by atoms with Gasteiger partial charge in [0.2, 0.25) is 10.0 Å². The van der Waals surface area contributed by atoms with Gasteiger partial charge in [-0.25, -0.2) is 13.1 Å². The normalized spacial score (nSPS) is 17.5. The van der Waals surface area contributed by atoms with Crippen LogP contribution in [0.1, 0.15) is 24.0 Å². The molecule has 0 bridgehead atoms. The van der Waals surface area contributed by atoms with Gasteiger partial charge in [0.15, 0.2) is 0 Å². The van der Waals surface area contributed by atoms with E-state index in [-0.39, 0.29) is 24.3 Å². The number of hydrogen-bond donors (Lipinski definition) is 2. The number of methoxy groups -OCH3 is 1. The van der Waals surface area contributed by atoms with Crippen LogP contribution in [0.25, 0.3) is 0 Å². The Morgan fingerprint density at radius 3 is 2.29 bits per heavy atom. The minimum Gasteiger partial charge on any atom is -0.496 e. The van der Waals surface area contributed by atoms with Crippen molar-refractivity contribution in [3.63, 3.8) is 0 Å². The van der Waals surface area contributed by atoms with E-state index in [4.69, 9.17) is 9.47 Å². The van der Waals surface area contributed by atoms with E-state index in [9.17, 15) is 18.3 Å².